The molecule has 1 heterocycles. The predicted octanol–water partition coefficient (Wildman–Crippen LogP) is 1.61. The molecule has 1 aliphatic rings. The summed E-state index contributed by atoms with van der Waals surface area (Å²) in [4.78, 5) is 22.2. The smallest absolute Gasteiger partial charge is 0.302 e. The summed E-state index contributed by atoms with van der Waals surface area (Å²) in [5.74, 6) is -0.633. The summed E-state index contributed by atoms with van der Waals surface area (Å²) < 4.78 is 15.6. The van der Waals surface area contributed by atoms with Gasteiger partial charge >= 0.3 is 5.97 Å². The fourth-order valence-corrected chi connectivity index (χ4v) is 1.52. The van der Waals surface area contributed by atoms with E-state index in [9.17, 15) is 9.59 Å². The molecule has 0 N–H and O–H groups in total. The molecule has 0 aromatic carbocycles. The summed E-state index contributed by atoms with van der Waals surface area (Å²) in [6.07, 6.45) is 4.91. The van der Waals surface area contributed by atoms with Crippen LogP contribution in [-0.4, -0.2) is 37.4 Å². The summed E-state index contributed by atoms with van der Waals surface area (Å²) in [6.45, 7) is 3.94. The highest BCUT2D eigenvalue weighted by Gasteiger charge is 2.26. The summed E-state index contributed by atoms with van der Waals surface area (Å²) >= 11 is 0. The Morgan fingerprint density at radius 3 is 2.89 bits per heavy atom. The van der Waals surface area contributed by atoms with Crippen LogP contribution < -0.4 is 0 Å². The van der Waals surface area contributed by atoms with E-state index in [1.54, 1.807) is 6.08 Å². The molecule has 0 fully saturated rings. The monoisotopic (exact) mass is 256 g/mol. The molecular formula is C13H20O5. The molecule has 0 aliphatic carbocycles. The lowest BCUT2D eigenvalue weighted by molar-refractivity contribution is -0.176. The van der Waals surface area contributed by atoms with Crippen LogP contribution in [0.1, 0.15) is 33.1 Å². The van der Waals surface area contributed by atoms with E-state index in [4.69, 9.17) is 14.2 Å². The van der Waals surface area contributed by atoms with Crippen LogP contribution in [0.5, 0.6) is 0 Å². The maximum atomic E-state index is 11.5. The Balaban J connectivity index is 2.32. The fraction of sp³-hybridized carbons (Fsp3) is 0.692. The largest absolute Gasteiger partial charge is 0.463 e. The molecule has 5 heteroatoms. The van der Waals surface area contributed by atoms with Gasteiger partial charge in [0, 0.05) is 6.92 Å². The van der Waals surface area contributed by atoms with Crippen molar-refractivity contribution in [2.45, 2.75) is 45.5 Å². The van der Waals surface area contributed by atoms with E-state index in [0.29, 0.717) is 6.61 Å². The quantitative estimate of drug-likeness (QED) is 0.511. The van der Waals surface area contributed by atoms with Crippen LogP contribution in [0.15, 0.2) is 12.2 Å². The summed E-state index contributed by atoms with van der Waals surface area (Å²) in [5, 5.41) is 0. The van der Waals surface area contributed by atoms with Crippen LogP contribution in [0.2, 0.25) is 0 Å². The third kappa shape index (κ3) is 5.42. The van der Waals surface area contributed by atoms with Crippen molar-refractivity contribution >= 4 is 11.8 Å². The van der Waals surface area contributed by atoms with Crippen LogP contribution >= 0.6 is 0 Å². The van der Waals surface area contributed by atoms with E-state index in [2.05, 4.69) is 6.92 Å². The van der Waals surface area contributed by atoms with Gasteiger partial charge in [-0.2, -0.15) is 0 Å². The van der Waals surface area contributed by atoms with Crippen molar-refractivity contribution in [1.82, 2.24) is 0 Å². The topological polar surface area (TPSA) is 61.8 Å². The van der Waals surface area contributed by atoms with Crippen LogP contribution in [0.25, 0.3) is 0 Å². The van der Waals surface area contributed by atoms with Crippen LogP contribution in [0.3, 0.4) is 0 Å². The van der Waals surface area contributed by atoms with Gasteiger partial charge in [-0.1, -0.05) is 19.8 Å². The van der Waals surface area contributed by atoms with Crippen molar-refractivity contribution in [3.8, 4) is 0 Å². The zero-order chi connectivity index (χ0) is 13.4. The number of ketones is 1. The van der Waals surface area contributed by atoms with Crippen molar-refractivity contribution in [3.63, 3.8) is 0 Å². The molecule has 1 rings (SSSR count). The zero-order valence-corrected chi connectivity index (χ0v) is 10.9. The molecule has 0 aromatic rings. The molecule has 0 aromatic heterocycles. The minimum Gasteiger partial charge on any atom is -0.463 e. The molecule has 2 atom stereocenters. The van der Waals surface area contributed by atoms with E-state index in [-0.39, 0.29) is 12.4 Å². The molecule has 0 spiro atoms. The maximum absolute atomic E-state index is 11.5. The molecular weight excluding hydrogens is 236 g/mol. The third-order valence-corrected chi connectivity index (χ3v) is 2.50. The molecule has 0 amide bonds. The lowest BCUT2D eigenvalue weighted by atomic mass is 10.2. The van der Waals surface area contributed by atoms with E-state index in [0.717, 1.165) is 19.3 Å². The molecule has 0 bridgehead atoms. The second-order valence-electron chi connectivity index (χ2n) is 4.14. The van der Waals surface area contributed by atoms with Gasteiger partial charge in [0.2, 0.25) is 0 Å². The van der Waals surface area contributed by atoms with Crippen molar-refractivity contribution in [2.75, 3.05) is 13.2 Å². The first-order valence-corrected chi connectivity index (χ1v) is 6.26. The van der Waals surface area contributed by atoms with E-state index >= 15 is 0 Å². The van der Waals surface area contributed by atoms with Crippen LogP contribution in [0.4, 0.5) is 0 Å². The van der Waals surface area contributed by atoms with Gasteiger partial charge in [0.15, 0.2) is 18.2 Å². The first-order chi connectivity index (χ1) is 8.63. The van der Waals surface area contributed by atoms with Crippen LogP contribution in [0, 0.1) is 0 Å². The Kier molecular flexibility index (Phi) is 6.60. The van der Waals surface area contributed by atoms with Crippen molar-refractivity contribution in [1.29, 1.82) is 0 Å². The molecule has 0 saturated heterocycles. The fourth-order valence-electron chi connectivity index (χ4n) is 1.52. The minimum atomic E-state index is -0.755. The van der Waals surface area contributed by atoms with Gasteiger partial charge in [0.25, 0.3) is 0 Å². The van der Waals surface area contributed by atoms with Crippen LogP contribution in [-0.2, 0) is 23.8 Å². The highest BCUT2D eigenvalue weighted by molar-refractivity contribution is 5.94. The second-order valence-corrected chi connectivity index (χ2v) is 4.14. The van der Waals surface area contributed by atoms with Crippen molar-refractivity contribution < 1.29 is 23.8 Å². The first-order valence-electron chi connectivity index (χ1n) is 6.26. The van der Waals surface area contributed by atoms with Gasteiger partial charge < -0.3 is 14.2 Å². The average molecular weight is 256 g/mol. The van der Waals surface area contributed by atoms with E-state index in [1.807, 2.05) is 0 Å². The van der Waals surface area contributed by atoms with Gasteiger partial charge in [-0.05, 0) is 18.6 Å². The Bertz CT molecular complexity index is 311. The zero-order valence-electron chi connectivity index (χ0n) is 10.9. The summed E-state index contributed by atoms with van der Waals surface area (Å²) in [5.41, 5.74) is 0. The third-order valence-electron chi connectivity index (χ3n) is 2.50. The molecule has 102 valence electrons. The first kappa shape index (κ1) is 14.9. The Morgan fingerprint density at radius 1 is 1.44 bits per heavy atom. The van der Waals surface area contributed by atoms with Crippen molar-refractivity contribution in [2.24, 2.45) is 0 Å². The van der Waals surface area contributed by atoms with Gasteiger partial charge in [-0.3, -0.25) is 9.59 Å². The SMILES string of the molecule is CCCCCO[C@@H]1C=CC(=O)[C@@H](COC(C)=O)O1. The van der Waals surface area contributed by atoms with Gasteiger partial charge in [0.1, 0.15) is 6.61 Å². The number of carbonyl (C=O) groups excluding carboxylic acids is 2. The van der Waals surface area contributed by atoms with Gasteiger partial charge in [-0.25, -0.2) is 0 Å². The van der Waals surface area contributed by atoms with Gasteiger partial charge in [0.05, 0.1) is 6.61 Å². The molecule has 18 heavy (non-hydrogen) atoms. The second kappa shape index (κ2) is 8.00. The maximum Gasteiger partial charge on any atom is 0.302 e. The normalized spacial score (nSPS) is 23.1. The number of carbonyl (C=O) groups is 2. The highest BCUT2D eigenvalue weighted by Crippen LogP contribution is 2.12. The molecule has 0 radical (unpaired) electrons. The minimum absolute atomic E-state index is 0.0622. The number of unbranched alkanes of at least 4 members (excludes halogenated alkanes) is 2. The Hall–Kier alpha value is -1.20. The summed E-state index contributed by atoms with van der Waals surface area (Å²) in [6, 6.07) is 0. The number of rotatable bonds is 7. The number of esters is 1. The van der Waals surface area contributed by atoms with E-state index < -0.39 is 18.4 Å². The number of hydrogen-bond acceptors (Lipinski definition) is 5. The Labute approximate surface area is 107 Å². The average Bonchev–Trinajstić information content (AvgIpc) is 2.34. The summed E-state index contributed by atoms with van der Waals surface area (Å²) in [7, 11) is 0. The van der Waals surface area contributed by atoms with E-state index in [1.165, 1.54) is 13.0 Å². The Morgan fingerprint density at radius 2 is 2.22 bits per heavy atom. The van der Waals surface area contributed by atoms with Crippen molar-refractivity contribution in [3.05, 3.63) is 12.2 Å². The lowest BCUT2D eigenvalue weighted by Crippen LogP contribution is -2.37. The molecule has 5 nitrogen and oxygen atoms in total. The molecule has 0 unspecified atom stereocenters. The predicted molar refractivity (Wildman–Crippen MR) is 64.9 cm³/mol. The standard InChI is InChI=1S/C13H20O5/c1-3-4-5-8-16-13-7-6-11(15)12(18-13)9-17-10(2)14/h6-7,12-13H,3-5,8-9H2,1-2H3/t12-,13+/m1/s1. The number of hydrogen-bond donors (Lipinski definition) is 0. The number of ether oxygens (including phenoxy) is 3. The molecule has 0 saturated carbocycles. The lowest BCUT2D eigenvalue weighted by Gasteiger charge is -2.24. The van der Waals surface area contributed by atoms with Gasteiger partial charge in [-0.15, -0.1) is 0 Å². The highest BCUT2D eigenvalue weighted by atomic mass is 16.7. The molecule has 1 aliphatic heterocycles.